The van der Waals surface area contributed by atoms with Gasteiger partial charge in [0.2, 0.25) is 11.8 Å². The molecular formula is C17H17N3O2. The Labute approximate surface area is 129 Å². The van der Waals surface area contributed by atoms with E-state index in [1.54, 1.807) is 6.20 Å². The van der Waals surface area contributed by atoms with Gasteiger partial charge in [-0.1, -0.05) is 30.3 Å². The Morgan fingerprint density at radius 1 is 1.00 bits per heavy atom. The van der Waals surface area contributed by atoms with Gasteiger partial charge in [0.1, 0.15) is 0 Å². The third-order valence-electron chi connectivity index (χ3n) is 3.34. The van der Waals surface area contributed by atoms with E-state index < -0.39 is 0 Å². The van der Waals surface area contributed by atoms with Gasteiger partial charge in [0.05, 0.1) is 6.42 Å². The first-order chi connectivity index (χ1) is 10.7. The van der Waals surface area contributed by atoms with Crippen molar-refractivity contribution >= 4 is 0 Å². The van der Waals surface area contributed by atoms with Gasteiger partial charge in [0.15, 0.2) is 6.61 Å². The summed E-state index contributed by atoms with van der Waals surface area (Å²) in [6, 6.07) is 11.9. The number of pyridine rings is 1. The van der Waals surface area contributed by atoms with Crippen molar-refractivity contribution in [2.75, 3.05) is 0 Å². The Bertz CT molecular complexity index is 751. The van der Waals surface area contributed by atoms with Crippen LogP contribution in [0.15, 0.2) is 47.0 Å². The molecule has 1 aromatic carbocycles. The molecule has 0 saturated carbocycles. The average Bonchev–Trinajstić information content (AvgIpc) is 2.97. The third kappa shape index (κ3) is 3.49. The van der Waals surface area contributed by atoms with Crippen LogP contribution in [0.25, 0.3) is 0 Å². The van der Waals surface area contributed by atoms with Crippen molar-refractivity contribution in [1.82, 2.24) is 15.2 Å². The van der Waals surface area contributed by atoms with Crippen LogP contribution in [0.1, 0.15) is 28.5 Å². The first-order valence-corrected chi connectivity index (χ1v) is 7.12. The third-order valence-corrected chi connectivity index (χ3v) is 3.34. The maximum Gasteiger partial charge on any atom is 0.253 e. The van der Waals surface area contributed by atoms with Crippen molar-refractivity contribution in [3.63, 3.8) is 0 Å². The lowest BCUT2D eigenvalue weighted by Gasteiger charge is -2.02. The van der Waals surface area contributed by atoms with Gasteiger partial charge in [-0.25, -0.2) is 4.98 Å². The second kappa shape index (κ2) is 6.39. The van der Waals surface area contributed by atoms with Crippen LogP contribution in [0.4, 0.5) is 0 Å². The summed E-state index contributed by atoms with van der Waals surface area (Å²) in [4.78, 5) is 4.17. The molecule has 5 nitrogen and oxygen atoms in total. The van der Waals surface area contributed by atoms with E-state index in [1.807, 2.05) is 31.2 Å². The zero-order chi connectivity index (χ0) is 15.4. The van der Waals surface area contributed by atoms with Gasteiger partial charge >= 0.3 is 0 Å². The summed E-state index contributed by atoms with van der Waals surface area (Å²) in [5.74, 6) is 1.58. The van der Waals surface area contributed by atoms with Crippen LogP contribution in [0, 0.1) is 13.8 Å². The lowest BCUT2D eigenvalue weighted by atomic mass is 10.1. The van der Waals surface area contributed by atoms with E-state index in [2.05, 4.69) is 34.2 Å². The Hall–Kier alpha value is -2.69. The van der Waals surface area contributed by atoms with Crippen LogP contribution in [0.3, 0.4) is 0 Å². The maximum absolute atomic E-state index is 5.61. The van der Waals surface area contributed by atoms with E-state index in [-0.39, 0.29) is 6.61 Å². The summed E-state index contributed by atoms with van der Waals surface area (Å²) in [6.45, 7) is 4.27. The fourth-order valence-corrected chi connectivity index (χ4v) is 2.06. The molecule has 3 aromatic rings. The smallest absolute Gasteiger partial charge is 0.253 e. The number of hydrogen-bond acceptors (Lipinski definition) is 5. The van der Waals surface area contributed by atoms with Crippen LogP contribution in [0.5, 0.6) is 5.88 Å². The molecule has 0 unspecified atom stereocenters. The van der Waals surface area contributed by atoms with Crippen LogP contribution >= 0.6 is 0 Å². The van der Waals surface area contributed by atoms with Gasteiger partial charge in [0.25, 0.3) is 5.89 Å². The molecular weight excluding hydrogens is 278 g/mol. The highest BCUT2D eigenvalue weighted by atomic mass is 16.5. The first-order valence-electron chi connectivity index (χ1n) is 7.12. The molecule has 0 spiro atoms. The molecule has 2 heterocycles. The van der Waals surface area contributed by atoms with E-state index in [9.17, 15) is 0 Å². The number of aryl methyl sites for hydroxylation is 2. The predicted octanol–water partition coefficient (Wildman–Crippen LogP) is 3.25. The van der Waals surface area contributed by atoms with Gasteiger partial charge in [-0.3, -0.25) is 0 Å². The molecule has 0 aliphatic carbocycles. The summed E-state index contributed by atoms with van der Waals surface area (Å²) in [7, 11) is 0. The number of hydrogen-bond donors (Lipinski definition) is 0. The second-order valence-corrected chi connectivity index (χ2v) is 5.16. The number of aromatic nitrogens is 3. The molecule has 0 amide bonds. The summed E-state index contributed by atoms with van der Waals surface area (Å²) in [6.07, 6.45) is 2.38. The van der Waals surface area contributed by atoms with Gasteiger partial charge in [-0.05, 0) is 30.5 Å². The molecule has 0 atom stereocenters. The second-order valence-electron chi connectivity index (χ2n) is 5.16. The zero-order valence-electron chi connectivity index (χ0n) is 12.6. The van der Waals surface area contributed by atoms with Crippen molar-refractivity contribution in [1.29, 1.82) is 0 Å². The van der Waals surface area contributed by atoms with Gasteiger partial charge in [-0.2, -0.15) is 0 Å². The first kappa shape index (κ1) is 14.3. The minimum Gasteiger partial charge on any atom is -0.468 e. The number of nitrogens with zero attached hydrogens (tertiary/aromatic N) is 3. The molecule has 5 heteroatoms. The van der Waals surface area contributed by atoms with E-state index >= 15 is 0 Å². The Morgan fingerprint density at radius 3 is 2.59 bits per heavy atom. The zero-order valence-corrected chi connectivity index (χ0v) is 12.6. The fourth-order valence-electron chi connectivity index (χ4n) is 2.06. The van der Waals surface area contributed by atoms with Crippen LogP contribution in [0.2, 0.25) is 0 Å². The molecule has 0 radical (unpaired) electrons. The van der Waals surface area contributed by atoms with E-state index in [0.29, 0.717) is 24.1 Å². The predicted molar refractivity (Wildman–Crippen MR) is 81.6 cm³/mol. The number of benzene rings is 1. The van der Waals surface area contributed by atoms with Crippen molar-refractivity contribution in [2.45, 2.75) is 26.9 Å². The quantitative estimate of drug-likeness (QED) is 0.723. The SMILES string of the molecule is Cc1ccc(OCc2nnc(Cc3ccccc3C)o2)nc1. The van der Waals surface area contributed by atoms with Crippen molar-refractivity contribution in [3.05, 3.63) is 71.1 Å². The van der Waals surface area contributed by atoms with Gasteiger partial charge in [0, 0.05) is 12.3 Å². The summed E-state index contributed by atoms with van der Waals surface area (Å²) < 4.78 is 11.1. The standard InChI is InChI=1S/C17H17N3O2/c1-12-7-8-15(18-10-12)21-11-17-20-19-16(22-17)9-14-6-4-3-5-13(14)2/h3-8,10H,9,11H2,1-2H3. The molecule has 0 fully saturated rings. The van der Waals surface area contributed by atoms with E-state index in [4.69, 9.17) is 9.15 Å². The van der Waals surface area contributed by atoms with Crippen molar-refractivity contribution < 1.29 is 9.15 Å². The molecule has 0 saturated heterocycles. The minimum absolute atomic E-state index is 0.219. The largest absolute Gasteiger partial charge is 0.468 e. The normalized spacial score (nSPS) is 10.6. The van der Waals surface area contributed by atoms with E-state index in [0.717, 1.165) is 5.56 Å². The lowest BCUT2D eigenvalue weighted by Crippen LogP contribution is -1.97. The highest BCUT2D eigenvalue weighted by Crippen LogP contribution is 2.14. The van der Waals surface area contributed by atoms with Crippen molar-refractivity contribution in [3.8, 4) is 5.88 Å². The van der Waals surface area contributed by atoms with Crippen LogP contribution < -0.4 is 4.74 Å². The molecule has 0 N–H and O–H groups in total. The van der Waals surface area contributed by atoms with Gasteiger partial charge < -0.3 is 9.15 Å². The highest BCUT2D eigenvalue weighted by Gasteiger charge is 2.09. The topological polar surface area (TPSA) is 61.0 Å². The molecule has 0 aliphatic heterocycles. The Morgan fingerprint density at radius 2 is 1.82 bits per heavy atom. The molecule has 0 aliphatic rings. The number of ether oxygens (including phenoxy) is 1. The fraction of sp³-hybridized carbons (Fsp3) is 0.235. The number of rotatable bonds is 5. The van der Waals surface area contributed by atoms with E-state index in [1.165, 1.54) is 11.1 Å². The summed E-state index contributed by atoms with van der Waals surface area (Å²) in [5.41, 5.74) is 3.48. The molecule has 22 heavy (non-hydrogen) atoms. The Balaban J connectivity index is 1.61. The lowest BCUT2D eigenvalue weighted by molar-refractivity contribution is 0.250. The summed E-state index contributed by atoms with van der Waals surface area (Å²) >= 11 is 0. The molecule has 0 bridgehead atoms. The molecule has 3 rings (SSSR count). The molecule has 2 aromatic heterocycles. The van der Waals surface area contributed by atoms with Crippen LogP contribution in [-0.4, -0.2) is 15.2 Å². The monoisotopic (exact) mass is 295 g/mol. The Kier molecular flexibility index (Phi) is 4.14. The maximum atomic E-state index is 5.61. The van der Waals surface area contributed by atoms with Gasteiger partial charge in [-0.15, -0.1) is 10.2 Å². The highest BCUT2D eigenvalue weighted by molar-refractivity contribution is 5.27. The average molecular weight is 295 g/mol. The van der Waals surface area contributed by atoms with Crippen LogP contribution in [-0.2, 0) is 13.0 Å². The minimum atomic E-state index is 0.219. The van der Waals surface area contributed by atoms with Crippen molar-refractivity contribution in [2.24, 2.45) is 0 Å². The molecule has 112 valence electrons. The summed E-state index contributed by atoms with van der Waals surface area (Å²) in [5, 5.41) is 8.07.